The summed E-state index contributed by atoms with van der Waals surface area (Å²) in [5, 5.41) is 6.42. The summed E-state index contributed by atoms with van der Waals surface area (Å²) in [6, 6.07) is 1.68. The molecule has 0 saturated carbocycles. The number of H-pyrrole nitrogens is 1. The molecule has 3 heterocycles. The zero-order valence-corrected chi connectivity index (χ0v) is 13.8. The van der Waals surface area contributed by atoms with E-state index in [1.165, 1.54) is 12.8 Å². The fraction of sp³-hybridized carbons (Fsp3) is 0.647. The molecule has 1 saturated heterocycles. The maximum absolute atomic E-state index is 12.3. The van der Waals surface area contributed by atoms with Crippen molar-refractivity contribution in [1.82, 2.24) is 19.9 Å². The van der Waals surface area contributed by atoms with Gasteiger partial charge in [-0.05, 0) is 50.1 Å². The second-order valence-corrected chi connectivity index (χ2v) is 7.41. The molecule has 0 bridgehead atoms. The Morgan fingerprint density at radius 1 is 1.32 bits per heavy atom. The lowest BCUT2D eigenvalue weighted by atomic mass is 9.89. The van der Waals surface area contributed by atoms with Crippen LogP contribution in [-0.2, 0) is 11.8 Å². The molecule has 22 heavy (non-hydrogen) atoms. The Labute approximate surface area is 131 Å². The second-order valence-electron chi connectivity index (χ2n) is 7.41. The average molecular weight is 302 g/mol. The summed E-state index contributed by atoms with van der Waals surface area (Å²) in [6.07, 6.45) is 6.39. The van der Waals surface area contributed by atoms with E-state index in [0.29, 0.717) is 0 Å². The maximum atomic E-state index is 12.3. The fourth-order valence-corrected chi connectivity index (χ4v) is 3.23. The number of hydrogen-bond donors (Lipinski definition) is 2. The van der Waals surface area contributed by atoms with Gasteiger partial charge in [-0.2, -0.15) is 0 Å². The molecule has 0 aromatic carbocycles. The van der Waals surface area contributed by atoms with Gasteiger partial charge >= 0.3 is 0 Å². The molecule has 2 aromatic heterocycles. The minimum Gasteiger partial charge on any atom is -0.317 e. The Bertz CT molecular complexity index is 701. The summed E-state index contributed by atoms with van der Waals surface area (Å²) < 4.78 is 1.55. The number of hydrogen-bond acceptors (Lipinski definition) is 3. The van der Waals surface area contributed by atoms with Gasteiger partial charge < -0.3 is 5.32 Å². The summed E-state index contributed by atoms with van der Waals surface area (Å²) in [5.41, 5.74) is 2.75. The van der Waals surface area contributed by atoms with Gasteiger partial charge in [0.15, 0.2) is 5.65 Å². The van der Waals surface area contributed by atoms with Gasteiger partial charge in [-0.25, -0.2) is 9.50 Å². The van der Waals surface area contributed by atoms with E-state index in [0.717, 1.165) is 48.8 Å². The molecular weight excluding hydrogens is 276 g/mol. The van der Waals surface area contributed by atoms with Crippen LogP contribution in [0.5, 0.6) is 0 Å². The van der Waals surface area contributed by atoms with Gasteiger partial charge in [-0.15, -0.1) is 0 Å². The molecule has 0 atom stereocenters. The van der Waals surface area contributed by atoms with Crippen LogP contribution in [0.4, 0.5) is 0 Å². The molecule has 0 amide bonds. The van der Waals surface area contributed by atoms with Gasteiger partial charge in [-0.1, -0.05) is 20.8 Å². The first-order valence-electron chi connectivity index (χ1n) is 8.26. The standard InChI is InChI=1S/C17H26N4O/c1-17(2,3)14-11-19-21-15(22)10-13(20-16(14)21)5-4-12-6-8-18-9-7-12/h10-12,18-19H,4-9H2,1-3H3. The third-order valence-electron chi connectivity index (χ3n) is 4.63. The second kappa shape index (κ2) is 5.88. The predicted molar refractivity (Wildman–Crippen MR) is 88.4 cm³/mol. The molecule has 5 heteroatoms. The van der Waals surface area contributed by atoms with Crippen LogP contribution in [0.3, 0.4) is 0 Å². The first kappa shape index (κ1) is 15.3. The zero-order valence-electron chi connectivity index (χ0n) is 13.8. The summed E-state index contributed by atoms with van der Waals surface area (Å²) >= 11 is 0. The van der Waals surface area contributed by atoms with Crippen LogP contribution in [0.2, 0.25) is 0 Å². The highest BCUT2D eigenvalue weighted by atomic mass is 16.1. The third-order valence-corrected chi connectivity index (χ3v) is 4.63. The lowest BCUT2D eigenvalue weighted by molar-refractivity contribution is 0.353. The Kier molecular flexibility index (Phi) is 4.08. The van der Waals surface area contributed by atoms with Gasteiger partial charge in [0.05, 0.1) is 0 Å². The third kappa shape index (κ3) is 3.09. The summed E-state index contributed by atoms with van der Waals surface area (Å²) in [7, 11) is 0. The van der Waals surface area contributed by atoms with E-state index in [9.17, 15) is 4.79 Å². The van der Waals surface area contributed by atoms with Gasteiger partial charge in [0.25, 0.3) is 5.56 Å². The Morgan fingerprint density at radius 3 is 2.73 bits per heavy atom. The van der Waals surface area contributed by atoms with Crippen molar-refractivity contribution in [2.75, 3.05) is 13.1 Å². The van der Waals surface area contributed by atoms with E-state index >= 15 is 0 Å². The van der Waals surface area contributed by atoms with E-state index in [1.54, 1.807) is 10.6 Å². The topological polar surface area (TPSA) is 62.2 Å². The number of aromatic amines is 1. The molecule has 3 rings (SSSR count). The first-order chi connectivity index (χ1) is 10.4. The van der Waals surface area contributed by atoms with Crippen molar-refractivity contribution in [1.29, 1.82) is 0 Å². The summed E-state index contributed by atoms with van der Waals surface area (Å²) in [6.45, 7) is 8.66. The van der Waals surface area contributed by atoms with E-state index in [-0.39, 0.29) is 11.0 Å². The molecule has 0 unspecified atom stereocenters. The van der Waals surface area contributed by atoms with Crippen LogP contribution < -0.4 is 10.9 Å². The lowest BCUT2D eigenvalue weighted by Crippen LogP contribution is -2.28. The van der Waals surface area contributed by atoms with E-state index < -0.39 is 0 Å². The Hall–Kier alpha value is -1.62. The largest absolute Gasteiger partial charge is 0.317 e. The smallest absolute Gasteiger partial charge is 0.272 e. The van der Waals surface area contributed by atoms with Gasteiger partial charge in [-0.3, -0.25) is 9.89 Å². The number of piperidine rings is 1. The Morgan fingerprint density at radius 2 is 2.05 bits per heavy atom. The van der Waals surface area contributed by atoms with Gasteiger partial charge in [0, 0.05) is 23.5 Å². The molecule has 1 aliphatic rings. The summed E-state index contributed by atoms with van der Waals surface area (Å²) in [4.78, 5) is 17.0. The molecule has 2 N–H and O–H groups in total. The van der Waals surface area contributed by atoms with Crippen molar-refractivity contribution in [2.45, 2.75) is 51.9 Å². The molecule has 0 aliphatic carbocycles. The highest BCUT2D eigenvalue weighted by molar-refractivity contribution is 5.50. The number of aryl methyl sites for hydroxylation is 1. The highest BCUT2D eigenvalue weighted by Gasteiger charge is 2.21. The van der Waals surface area contributed by atoms with Crippen molar-refractivity contribution < 1.29 is 0 Å². The van der Waals surface area contributed by atoms with Crippen molar-refractivity contribution in [3.63, 3.8) is 0 Å². The van der Waals surface area contributed by atoms with Crippen LogP contribution in [0.1, 0.15) is 51.3 Å². The van der Waals surface area contributed by atoms with E-state index in [4.69, 9.17) is 4.98 Å². The SMILES string of the molecule is CC(C)(C)c1c[nH]n2c(=O)cc(CCC3CCNCC3)nc12. The van der Waals surface area contributed by atoms with Crippen molar-refractivity contribution in [2.24, 2.45) is 5.92 Å². The van der Waals surface area contributed by atoms with E-state index in [1.807, 2.05) is 6.20 Å². The molecule has 0 spiro atoms. The molecule has 120 valence electrons. The molecule has 2 aromatic rings. The minimum atomic E-state index is -0.0294. The Balaban J connectivity index is 1.85. The lowest BCUT2D eigenvalue weighted by Gasteiger charge is -2.22. The molecule has 0 radical (unpaired) electrons. The van der Waals surface area contributed by atoms with Crippen LogP contribution >= 0.6 is 0 Å². The number of nitrogens with zero attached hydrogens (tertiary/aromatic N) is 2. The molecule has 5 nitrogen and oxygen atoms in total. The van der Waals surface area contributed by atoms with Crippen LogP contribution in [-0.4, -0.2) is 27.7 Å². The summed E-state index contributed by atoms with van der Waals surface area (Å²) in [5.74, 6) is 0.759. The number of nitrogens with one attached hydrogen (secondary N) is 2. The zero-order chi connectivity index (χ0) is 15.7. The molecular formula is C17H26N4O. The molecule has 1 fully saturated rings. The van der Waals surface area contributed by atoms with Crippen LogP contribution in [0, 0.1) is 5.92 Å². The van der Waals surface area contributed by atoms with Gasteiger partial charge in [0.2, 0.25) is 0 Å². The minimum absolute atomic E-state index is 0.0131. The van der Waals surface area contributed by atoms with Crippen molar-refractivity contribution in [3.05, 3.63) is 33.9 Å². The van der Waals surface area contributed by atoms with Crippen molar-refractivity contribution in [3.8, 4) is 0 Å². The molecule has 1 aliphatic heterocycles. The predicted octanol–water partition coefficient (Wildman–Crippen LogP) is 2.25. The first-order valence-corrected chi connectivity index (χ1v) is 8.26. The fourth-order valence-electron chi connectivity index (χ4n) is 3.23. The maximum Gasteiger partial charge on any atom is 0.272 e. The normalized spacial score (nSPS) is 17.2. The van der Waals surface area contributed by atoms with Crippen LogP contribution in [0.25, 0.3) is 5.65 Å². The monoisotopic (exact) mass is 302 g/mol. The average Bonchev–Trinajstić information content (AvgIpc) is 2.91. The van der Waals surface area contributed by atoms with E-state index in [2.05, 4.69) is 31.2 Å². The number of aromatic nitrogens is 3. The quantitative estimate of drug-likeness (QED) is 0.914. The number of fused-ring (bicyclic) bond motifs is 1. The number of rotatable bonds is 3. The van der Waals surface area contributed by atoms with Crippen molar-refractivity contribution >= 4 is 5.65 Å². The van der Waals surface area contributed by atoms with Crippen LogP contribution in [0.15, 0.2) is 17.1 Å². The van der Waals surface area contributed by atoms with Gasteiger partial charge in [0.1, 0.15) is 0 Å². The highest BCUT2D eigenvalue weighted by Crippen LogP contribution is 2.25.